The van der Waals surface area contributed by atoms with Crippen LogP contribution in [-0.2, 0) is 4.79 Å². The second-order valence-electron chi connectivity index (χ2n) is 10.2. The number of nitrogens with one attached hydrogen (secondary N) is 2. The standard InChI is InChI=1S/C25H23ClF3N3O4/c26-18-2-1-17(6-19(18)27)36-10-16(33)9-23-11-24(12-23,13-23)32-22(35)20-5-14(3-4-30-20)21(34)31-15-7-25(28,29)8-15/h1-6,15H,7-13H2,(H,31,34)(H,32,35). The molecule has 4 saturated carbocycles. The van der Waals surface area contributed by atoms with Gasteiger partial charge in [0.2, 0.25) is 0 Å². The summed E-state index contributed by atoms with van der Waals surface area (Å²) in [6.07, 6.45) is 2.77. The fraction of sp³-hybridized carbons (Fsp3) is 0.440. The number of benzene rings is 1. The second-order valence-corrected chi connectivity index (χ2v) is 10.6. The Hall–Kier alpha value is -3.14. The van der Waals surface area contributed by atoms with Crippen molar-refractivity contribution in [2.75, 3.05) is 6.61 Å². The van der Waals surface area contributed by atoms with Gasteiger partial charge in [-0.15, -0.1) is 0 Å². The molecule has 0 atom stereocenters. The van der Waals surface area contributed by atoms with Crippen LogP contribution in [0.4, 0.5) is 13.2 Å². The Kier molecular flexibility index (Phi) is 5.97. The van der Waals surface area contributed by atoms with Gasteiger partial charge in [-0.1, -0.05) is 11.6 Å². The number of carbonyl (C=O) groups excluding carboxylic acids is 3. The molecule has 1 heterocycles. The van der Waals surface area contributed by atoms with Gasteiger partial charge in [0.1, 0.15) is 23.9 Å². The third kappa shape index (κ3) is 4.91. The van der Waals surface area contributed by atoms with E-state index in [1.807, 2.05) is 0 Å². The number of ether oxygens (including phenoxy) is 1. The first-order valence-corrected chi connectivity index (χ1v) is 11.9. The highest BCUT2D eigenvalue weighted by molar-refractivity contribution is 6.30. The Balaban J connectivity index is 1.08. The van der Waals surface area contributed by atoms with Crippen LogP contribution in [0, 0.1) is 11.2 Å². The molecular weight excluding hydrogens is 499 g/mol. The minimum absolute atomic E-state index is 0.0268. The van der Waals surface area contributed by atoms with Crippen molar-refractivity contribution in [3.8, 4) is 5.75 Å². The molecule has 190 valence electrons. The van der Waals surface area contributed by atoms with Crippen LogP contribution in [0.3, 0.4) is 0 Å². The first-order valence-electron chi connectivity index (χ1n) is 11.5. The van der Waals surface area contributed by atoms with Crippen LogP contribution in [0.5, 0.6) is 5.75 Å². The SMILES string of the molecule is O=C(COc1ccc(Cl)c(F)c1)CC12CC(NC(=O)c3cc(C(=O)NC4CC(F)(F)C4)ccn3)(C1)C2. The topological polar surface area (TPSA) is 97.4 Å². The molecule has 0 saturated heterocycles. The van der Waals surface area contributed by atoms with Crippen LogP contribution in [0.2, 0.25) is 5.02 Å². The fourth-order valence-corrected chi connectivity index (χ4v) is 5.67. The van der Waals surface area contributed by atoms with Crippen molar-refractivity contribution in [1.29, 1.82) is 0 Å². The highest BCUT2D eigenvalue weighted by Gasteiger charge is 2.68. The molecule has 2 aromatic rings. The number of pyridine rings is 1. The molecule has 11 heteroatoms. The zero-order chi connectivity index (χ0) is 25.7. The second kappa shape index (κ2) is 8.76. The number of nitrogens with zero attached hydrogens (tertiary/aromatic N) is 1. The van der Waals surface area contributed by atoms with E-state index in [1.54, 1.807) is 0 Å². The number of ketones is 1. The van der Waals surface area contributed by atoms with E-state index in [9.17, 15) is 27.6 Å². The van der Waals surface area contributed by atoms with Crippen molar-refractivity contribution in [3.63, 3.8) is 0 Å². The zero-order valence-corrected chi connectivity index (χ0v) is 19.8. The molecule has 6 rings (SSSR count). The van der Waals surface area contributed by atoms with E-state index in [2.05, 4.69) is 15.6 Å². The Bertz CT molecular complexity index is 1230. The van der Waals surface area contributed by atoms with Gasteiger partial charge >= 0.3 is 0 Å². The van der Waals surface area contributed by atoms with Gasteiger partial charge in [0.25, 0.3) is 17.7 Å². The lowest BCUT2D eigenvalue weighted by Gasteiger charge is -2.70. The molecule has 7 nitrogen and oxygen atoms in total. The Morgan fingerprint density at radius 2 is 1.81 bits per heavy atom. The van der Waals surface area contributed by atoms with Gasteiger partial charge < -0.3 is 15.4 Å². The van der Waals surface area contributed by atoms with Crippen LogP contribution in [-0.4, -0.2) is 46.7 Å². The normalized spacial score (nSPS) is 25.6. The number of aromatic nitrogens is 1. The lowest BCUT2D eigenvalue weighted by atomic mass is 9.38. The van der Waals surface area contributed by atoms with E-state index < -0.39 is 48.0 Å². The molecule has 0 unspecified atom stereocenters. The van der Waals surface area contributed by atoms with E-state index in [0.717, 1.165) is 6.07 Å². The van der Waals surface area contributed by atoms with Gasteiger partial charge in [-0.05, 0) is 48.9 Å². The number of hydrogen-bond acceptors (Lipinski definition) is 5. The van der Waals surface area contributed by atoms with Crippen molar-refractivity contribution in [2.45, 2.75) is 56.0 Å². The summed E-state index contributed by atoms with van der Waals surface area (Å²) >= 11 is 5.63. The van der Waals surface area contributed by atoms with Gasteiger partial charge in [0, 0.05) is 48.7 Å². The molecule has 2 amide bonds. The van der Waals surface area contributed by atoms with Crippen LogP contribution in [0.15, 0.2) is 36.5 Å². The van der Waals surface area contributed by atoms with E-state index in [-0.39, 0.29) is 39.8 Å². The zero-order valence-electron chi connectivity index (χ0n) is 19.1. The summed E-state index contributed by atoms with van der Waals surface area (Å²) < 4.78 is 44.8. The van der Waals surface area contributed by atoms with Crippen molar-refractivity contribution < 1.29 is 32.3 Å². The fourth-order valence-electron chi connectivity index (χ4n) is 5.55. The number of halogens is 4. The number of hydrogen-bond donors (Lipinski definition) is 2. The highest BCUT2D eigenvalue weighted by atomic mass is 35.5. The third-order valence-electron chi connectivity index (χ3n) is 7.06. The molecule has 36 heavy (non-hydrogen) atoms. The van der Waals surface area contributed by atoms with E-state index in [0.29, 0.717) is 25.7 Å². The Morgan fingerprint density at radius 3 is 2.47 bits per heavy atom. The molecule has 0 aliphatic heterocycles. The lowest BCUT2D eigenvalue weighted by molar-refractivity contribution is -0.162. The molecule has 1 aromatic heterocycles. The molecule has 2 N–H and O–H groups in total. The number of carbonyl (C=O) groups is 3. The van der Waals surface area contributed by atoms with Gasteiger partial charge in [-0.2, -0.15) is 0 Å². The maximum Gasteiger partial charge on any atom is 0.270 e. The Morgan fingerprint density at radius 1 is 1.08 bits per heavy atom. The van der Waals surface area contributed by atoms with Gasteiger partial charge in [-0.25, -0.2) is 13.2 Å². The number of rotatable bonds is 9. The average molecular weight is 522 g/mol. The van der Waals surface area contributed by atoms with Gasteiger partial charge in [0.15, 0.2) is 5.78 Å². The minimum Gasteiger partial charge on any atom is -0.486 e. The molecule has 1 aromatic carbocycles. The largest absolute Gasteiger partial charge is 0.486 e. The Labute approximate surface area is 209 Å². The van der Waals surface area contributed by atoms with Crippen LogP contribution >= 0.6 is 11.6 Å². The van der Waals surface area contributed by atoms with Crippen LogP contribution in [0.25, 0.3) is 0 Å². The van der Waals surface area contributed by atoms with Crippen molar-refractivity contribution in [1.82, 2.24) is 15.6 Å². The molecule has 4 aliphatic carbocycles. The first-order chi connectivity index (χ1) is 17.0. The molecular formula is C25H23ClF3N3O4. The maximum absolute atomic E-state index is 13.5. The monoisotopic (exact) mass is 521 g/mol. The van der Waals surface area contributed by atoms with Crippen LogP contribution < -0.4 is 15.4 Å². The molecule has 0 radical (unpaired) electrons. The summed E-state index contributed by atoms with van der Waals surface area (Å²) in [6, 6.07) is 6.14. The van der Waals surface area contributed by atoms with E-state index in [4.69, 9.17) is 16.3 Å². The summed E-state index contributed by atoms with van der Waals surface area (Å²) in [4.78, 5) is 41.5. The number of alkyl halides is 2. The average Bonchev–Trinajstić information content (AvgIpc) is 2.76. The third-order valence-corrected chi connectivity index (χ3v) is 7.37. The van der Waals surface area contributed by atoms with Gasteiger partial charge in [0.05, 0.1) is 5.02 Å². The van der Waals surface area contributed by atoms with Crippen molar-refractivity contribution in [2.24, 2.45) is 5.41 Å². The lowest BCUT2D eigenvalue weighted by Crippen LogP contribution is -2.75. The summed E-state index contributed by atoms with van der Waals surface area (Å²) in [5.74, 6) is -4.22. The molecule has 2 bridgehead atoms. The number of amides is 2. The molecule has 4 aliphatic rings. The molecule has 0 spiro atoms. The summed E-state index contributed by atoms with van der Waals surface area (Å²) in [6.45, 7) is -0.181. The van der Waals surface area contributed by atoms with Crippen LogP contribution in [0.1, 0.15) is 59.4 Å². The quantitative estimate of drug-likeness (QED) is 0.518. The van der Waals surface area contributed by atoms with Crippen molar-refractivity contribution in [3.05, 3.63) is 58.6 Å². The maximum atomic E-state index is 13.5. The van der Waals surface area contributed by atoms with E-state index >= 15 is 0 Å². The smallest absolute Gasteiger partial charge is 0.270 e. The van der Waals surface area contributed by atoms with Gasteiger partial charge in [-0.3, -0.25) is 19.4 Å². The predicted octanol–water partition coefficient (Wildman–Crippen LogP) is 4.09. The predicted molar refractivity (Wildman–Crippen MR) is 123 cm³/mol. The molecule has 4 fully saturated rings. The number of Topliss-reactive ketones (excluding diaryl/α,β-unsaturated/α-hetero) is 1. The first kappa shape index (κ1) is 24.5. The highest BCUT2D eigenvalue weighted by Crippen LogP contribution is 2.69. The summed E-state index contributed by atoms with van der Waals surface area (Å²) in [5.41, 5.74) is -0.362. The summed E-state index contributed by atoms with van der Waals surface area (Å²) in [7, 11) is 0. The van der Waals surface area contributed by atoms with Crippen molar-refractivity contribution >= 4 is 29.2 Å². The minimum atomic E-state index is -2.74. The van der Waals surface area contributed by atoms with E-state index in [1.165, 1.54) is 30.5 Å². The summed E-state index contributed by atoms with van der Waals surface area (Å²) in [5, 5.41) is 5.46.